The number of nitrogens with zero attached hydrogens (tertiary/aromatic N) is 1. The lowest BCUT2D eigenvalue weighted by Crippen LogP contribution is -2.53. The maximum Gasteiger partial charge on any atom is 0.267 e. The van der Waals surface area contributed by atoms with E-state index in [2.05, 4.69) is 5.32 Å². The molecule has 2 amide bonds. The van der Waals surface area contributed by atoms with E-state index < -0.39 is 23.5 Å². The molecule has 204 valence electrons. The van der Waals surface area contributed by atoms with Crippen LogP contribution in [0.3, 0.4) is 0 Å². The molecule has 1 aliphatic rings. The number of hydrogen-bond acceptors (Lipinski definition) is 8. The summed E-state index contributed by atoms with van der Waals surface area (Å²) in [6.07, 6.45) is 1.13. The number of benzene rings is 3. The zero-order valence-corrected chi connectivity index (χ0v) is 22.2. The molecule has 3 aromatic carbocycles. The smallest absolute Gasteiger partial charge is 0.267 e. The molecule has 0 aromatic heterocycles. The predicted molar refractivity (Wildman–Crippen MR) is 144 cm³/mol. The summed E-state index contributed by atoms with van der Waals surface area (Å²) in [5.74, 6) is -0.580. The topological polar surface area (TPSA) is 114 Å². The van der Waals surface area contributed by atoms with Crippen molar-refractivity contribution in [1.82, 2.24) is 10.2 Å². The molecule has 0 radical (unpaired) electrons. The Balaban J connectivity index is 1.54. The monoisotopic (exact) mass is 532 g/mol. The van der Waals surface area contributed by atoms with Gasteiger partial charge in [-0.15, -0.1) is 0 Å². The molecule has 1 heterocycles. The quantitative estimate of drug-likeness (QED) is 0.383. The number of aliphatic hydroxyl groups is 1. The largest absolute Gasteiger partial charge is 0.496 e. The number of amides is 2. The molecule has 9 nitrogen and oxygen atoms in total. The minimum absolute atomic E-state index is 0.0697. The van der Waals surface area contributed by atoms with Crippen LogP contribution in [0.4, 0.5) is 0 Å². The van der Waals surface area contributed by atoms with Crippen LogP contribution in [0, 0.1) is 0 Å². The zero-order chi connectivity index (χ0) is 28.0. The molecule has 0 bridgehead atoms. The average Bonchev–Trinajstić information content (AvgIpc) is 3.44. The highest BCUT2D eigenvalue weighted by atomic mass is 16.5. The molecule has 9 heteroatoms. The second kappa shape index (κ2) is 12.1. The highest BCUT2D eigenvalue weighted by Crippen LogP contribution is 2.35. The van der Waals surface area contributed by atoms with Gasteiger partial charge >= 0.3 is 0 Å². The van der Waals surface area contributed by atoms with Crippen molar-refractivity contribution in [1.29, 1.82) is 0 Å². The minimum atomic E-state index is -2.08. The Morgan fingerprint density at radius 1 is 0.872 bits per heavy atom. The van der Waals surface area contributed by atoms with Gasteiger partial charge in [-0.2, -0.15) is 0 Å². The number of methoxy groups -OCH3 is 3. The number of imide groups is 1. The van der Waals surface area contributed by atoms with E-state index in [4.69, 9.17) is 14.2 Å². The van der Waals surface area contributed by atoms with E-state index in [1.807, 2.05) is 0 Å². The van der Waals surface area contributed by atoms with Gasteiger partial charge in [0.1, 0.15) is 5.75 Å². The van der Waals surface area contributed by atoms with E-state index >= 15 is 0 Å². The standard InChI is InChI=1S/C30H32N2O7/c1-37-25-18-27(39-3)26(38-2)17-22(25)24(33)19-32-16-10-15-23(32)28(34)31-29(35)30(36,20-11-6-4-7-12-20)21-13-8-5-9-14-21/h4-9,11-14,17-18,23,36H,10,15-16,19H2,1-3H3,(H,31,34,35)/t23-/m0/s1. The average molecular weight is 533 g/mol. The molecular formula is C30H32N2O7. The summed E-state index contributed by atoms with van der Waals surface area (Å²) in [6, 6.07) is 19.3. The second-order valence-electron chi connectivity index (χ2n) is 9.22. The summed E-state index contributed by atoms with van der Waals surface area (Å²) < 4.78 is 16.0. The normalized spacial score (nSPS) is 15.4. The van der Waals surface area contributed by atoms with Crippen molar-refractivity contribution in [2.75, 3.05) is 34.4 Å². The summed E-state index contributed by atoms with van der Waals surface area (Å²) in [5, 5.41) is 14.1. The number of likely N-dealkylation sites (tertiary alicyclic amines) is 1. The van der Waals surface area contributed by atoms with Crippen LogP contribution in [0.1, 0.15) is 34.3 Å². The van der Waals surface area contributed by atoms with Gasteiger partial charge in [0.05, 0.1) is 39.5 Å². The maximum atomic E-state index is 13.5. The van der Waals surface area contributed by atoms with Crippen molar-refractivity contribution < 1.29 is 33.7 Å². The van der Waals surface area contributed by atoms with Crippen LogP contribution >= 0.6 is 0 Å². The molecule has 0 saturated carbocycles. The van der Waals surface area contributed by atoms with Crippen molar-refractivity contribution in [3.8, 4) is 17.2 Å². The van der Waals surface area contributed by atoms with Crippen LogP contribution in [-0.4, -0.2) is 68.1 Å². The van der Waals surface area contributed by atoms with Crippen LogP contribution in [-0.2, 0) is 15.2 Å². The summed E-state index contributed by atoms with van der Waals surface area (Å²) in [4.78, 5) is 41.9. The number of nitrogens with one attached hydrogen (secondary N) is 1. The molecule has 4 rings (SSSR count). The van der Waals surface area contributed by atoms with Crippen LogP contribution in [0.25, 0.3) is 0 Å². The molecule has 1 saturated heterocycles. The minimum Gasteiger partial charge on any atom is -0.496 e. The molecular weight excluding hydrogens is 500 g/mol. The number of ketones is 1. The maximum absolute atomic E-state index is 13.5. The first kappa shape index (κ1) is 27.8. The fourth-order valence-electron chi connectivity index (χ4n) is 4.90. The molecule has 0 unspecified atom stereocenters. The third-order valence-corrected chi connectivity index (χ3v) is 6.97. The van der Waals surface area contributed by atoms with Gasteiger partial charge in [-0.3, -0.25) is 24.6 Å². The first-order valence-corrected chi connectivity index (χ1v) is 12.6. The lowest BCUT2D eigenvalue weighted by atomic mass is 9.85. The second-order valence-corrected chi connectivity index (χ2v) is 9.22. The van der Waals surface area contributed by atoms with Gasteiger partial charge in [0, 0.05) is 6.07 Å². The van der Waals surface area contributed by atoms with Crippen molar-refractivity contribution in [3.05, 3.63) is 89.5 Å². The third-order valence-electron chi connectivity index (χ3n) is 6.97. The Hall–Kier alpha value is -4.21. The first-order chi connectivity index (χ1) is 18.8. The number of carbonyl (C=O) groups is 3. The fourth-order valence-corrected chi connectivity index (χ4v) is 4.90. The van der Waals surface area contributed by atoms with Gasteiger partial charge in [-0.25, -0.2) is 0 Å². The number of ether oxygens (including phenoxy) is 3. The predicted octanol–water partition coefficient (Wildman–Crippen LogP) is 2.94. The number of Topliss-reactive ketones (excluding diaryl/α,β-unsaturated/α-hetero) is 1. The first-order valence-electron chi connectivity index (χ1n) is 12.6. The molecule has 3 aromatic rings. The van der Waals surface area contributed by atoms with E-state index in [-0.39, 0.29) is 12.3 Å². The molecule has 2 N–H and O–H groups in total. The Labute approximate surface area is 227 Å². The molecule has 39 heavy (non-hydrogen) atoms. The van der Waals surface area contributed by atoms with Crippen molar-refractivity contribution >= 4 is 17.6 Å². The number of hydrogen-bond donors (Lipinski definition) is 2. The van der Waals surface area contributed by atoms with E-state index in [9.17, 15) is 19.5 Å². The Bertz CT molecular complexity index is 1290. The Kier molecular flexibility index (Phi) is 8.63. The van der Waals surface area contributed by atoms with E-state index in [1.54, 1.807) is 77.7 Å². The van der Waals surface area contributed by atoms with E-state index in [0.717, 1.165) is 0 Å². The van der Waals surface area contributed by atoms with E-state index in [1.165, 1.54) is 21.3 Å². The lowest BCUT2D eigenvalue weighted by Gasteiger charge is -2.29. The van der Waals surface area contributed by atoms with Gasteiger partial charge < -0.3 is 19.3 Å². The van der Waals surface area contributed by atoms with Crippen molar-refractivity contribution in [3.63, 3.8) is 0 Å². The summed E-state index contributed by atoms with van der Waals surface area (Å²) >= 11 is 0. The van der Waals surface area contributed by atoms with Crippen molar-refractivity contribution in [2.24, 2.45) is 0 Å². The highest BCUT2D eigenvalue weighted by molar-refractivity contribution is 6.04. The Morgan fingerprint density at radius 3 is 1.95 bits per heavy atom. The van der Waals surface area contributed by atoms with Crippen LogP contribution in [0.2, 0.25) is 0 Å². The van der Waals surface area contributed by atoms with Gasteiger partial charge in [0.25, 0.3) is 5.91 Å². The van der Waals surface area contributed by atoms with Crippen LogP contribution < -0.4 is 19.5 Å². The van der Waals surface area contributed by atoms with Gasteiger partial charge in [0.2, 0.25) is 5.91 Å². The number of rotatable bonds is 10. The fraction of sp³-hybridized carbons (Fsp3) is 0.300. The van der Waals surface area contributed by atoms with Crippen molar-refractivity contribution in [2.45, 2.75) is 24.5 Å². The third kappa shape index (κ3) is 5.64. The van der Waals surface area contributed by atoms with Crippen LogP contribution in [0.5, 0.6) is 17.2 Å². The van der Waals surface area contributed by atoms with Crippen LogP contribution in [0.15, 0.2) is 72.8 Å². The molecule has 0 aliphatic carbocycles. The highest BCUT2D eigenvalue weighted by Gasteiger charge is 2.42. The zero-order valence-electron chi connectivity index (χ0n) is 22.2. The lowest BCUT2D eigenvalue weighted by molar-refractivity contribution is -0.142. The molecule has 0 spiro atoms. The molecule has 1 atom stereocenters. The van der Waals surface area contributed by atoms with Gasteiger partial charge in [-0.05, 0) is 36.6 Å². The molecule has 1 aliphatic heterocycles. The number of carbonyl (C=O) groups excluding carboxylic acids is 3. The summed E-state index contributed by atoms with van der Waals surface area (Å²) in [5.41, 5.74) is -1.12. The summed E-state index contributed by atoms with van der Waals surface area (Å²) in [6.45, 7) is 0.426. The molecule has 1 fully saturated rings. The Morgan fingerprint density at radius 2 is 1.41 bits per heavy atom. The van der Waals surface area contributed by atoms with E-state index in [0.29, 0.717) is 53.3 Å². The van der Waals surface area contributed by atoms with Gasteiger partial charge in [-0.1, -0.05) is 60.7 Å². The summed E-state index contributed by atoms with van der Waals surface area (Å²) in [7, 11) is 4.42. The SMILES string of the molecule is COc1cc(OC)c(C(=O)CN2CCC[C@H]2C(=O)NC(=O)C(O)(c2ccccc2)c2ccccc2)cc1OC. The van der Waals surface area contributed by atoms with Gasteiger partial charge in [0.15, 0.2) is 22.9 Å².